The van der Waals surface area contributed by atoms with Gasteiger partial charge in [0, 0.05) is 0 Å². The molecule has 0 radical (unpaired) electrons. The molecule has 0 bridgehead atoms. The van der Waals surface area contributed by atoms with E-state index in [4.69, 9.17) is 8.37 Å². The SMILES string of the molecule is CCCC(O)COS(=O)OCC(O)CCC. The number of hydrogen-bond donors (Lipinski definition) is 2. The minimum atomic E-state index is -1.89. The van der Waals surface area contributed by atoms with E-state index < -0.39 is 23.6 Å². The van der Waals surface area contributed by atoms with E-state index in [9.17, 15) is 14.4 Å². The van der Waals surface area contributed by atoms with Gasteiger partial charge in [-0.25, -0.2) is 0 Å². The van der Waals surface area contributed by atoms with Gasteiger partial charge in [0.2, 0.25) is 0 Å². The molecule has 2 unspecified atom stereocenters. The normalized spacial score (nSPS) is 17.0. The van der Waals surface area contributed by atoms with Crippen LogP contribution in [-0.2, 0) is 19.7 Å². The molecule has 0 rings (SSSR count). The maximum atomic E-state index is 11.1. The van der Waals surface area contributed by atoms with Crippen molar-refractivity contribution >= 4 is 11.4 Å². The Labute approximate surface area is 99.6 Å². The van der Waals surface area contributed by atoms with E-state index in [0.717, 1.165) is 12.8 Å². The highest BCUT2D eigenvalue weighted by Crippen LogP contribution is 2.01. The van der Waals surface area contributed by atoms with Crippen LogP contribution in [0.5, 0.6) is 0 Å². The average molecular weight is 254 g/mol. The van der Waals surface area contributed by atoms with E-state index in [0.29, 0.717) is 12.8 Å². The lowest BCUT2D eigenvalue weighted by Crippen LogP contribution is -2.20. The molecule has 0 aromatic carbocycles. The predicted octanol–water partition coefficient (Wildman–Crippen LogP) is 0.920. The predicted molar refractivity (Wildman–Crippen MR) is 61.9 cm³/mol. The van der Waals surface area contributed by atoms with Gasteiger partial charge in [0.05, 0.1) is 25.4 Å². The molecular formula is C10H22O5S. The first kappa shape index (κ1) is 16.0. The van der Waals surface area contributed by atoms with Crippen LogP contribution in [0.15, 0.2) is 0 Å². The molecule has 0 saturated carbocycles. The van der Waals surface area contributed by atoms with Crippen LogP contribution in [0.4, 0.5) is 0 Å². The number of hydrogen-bond acceptors (Lipinski definition) is 5. The molecule has 16 heavy (non-hydrogen) atoms. The second-order valence-electron chi connectivity index (χ2n) is 3.66. The molecule has 0 fully saturated rings. The summed E-state index contributed by atoms with van der Waals surface area (Å²) in [6, 6.07) is 0. The minimum Gasteiger partial charge on any atom is -0.391 e. The summed E-state index contributed by atoms with van der Waals surface area (Å²) in [6.45, 7) is 3.87. The molecule has 6 heteroatoms. The van der Waals surface area contributed by atoms with E-state index in [2.05, 4.69) is 0 Å². The Morgan fingerprint density at radius 3 is 1.69 bits per heavy atom. The van der Waals surface area contributed by atoms with E-state index in [1.165, 1.54) is 0 Å². The quantitative estimate of drug-likeness (QED) is 0.606. The maximum absolute atomic E-state index is 11.1. The molecule has 98 valence electrons. The molecule has 0 aliphatic rings. The van der Waals surface area contributed by atoms with E-state index in [-0.39, 0.29) is 13.2 Å². The van der Waals surface area contributed by atoms with Gasteiger partial charge in [0.15, 0.2) is 0 Å². The van der Waals surface area contributed by atoms with Gasteiger partial charge in [-0.3, -0.25) is 8.37 Å². The summed E-state index contributed by atoms with van der Waals surface area (Å²) in [6.07, 6.45) is 1.67. The third kappa shape index (κ3) is 9.23. The van der Waals surface area contributed by atoms with Gasteiger partial charge >= 0.3 is 11.4 Å². The summed E-state index contributed by atoms with van der Waals surface area (Å²) >= 11 is -1.89. The van der Waals surface area contributed by atoms with Crippen molar-refractivity contribution in [3.8, 4) is 0 Å². The Balaban J connectivity index is 3.51. The zero-order chi connectivity index (χ0) is 12.4. The lowest BCUT2D eigenvalue weighted by Gasteiger charge is -2.11. The molecule has 0 aliphatic heterocycles. The lowest BCUT2D eigenvalue weighted by atomic mass is 10.2. The molecule has 5 nitrogen and oxygen atoms in total. The Morgan fingerprint density at radius 1 is 1.00 bits per heavy atom. The molecule has 2 N–H and O–H groups in total. The second kappa shape index (κ2) is 10.2. The number of aliphatic hydroxyl groups excluding tert-OH is 2. The van der Waals surface area contributed by atoms with Crippen LogP contribution in [0.3, 0.4) is 0 Å². The zero-order valence-corrected chi connectivity index (χ0v) is 10.7. The molecule has 0 heterocycles. The van der Waals surface area contributed by atoms with Gasteiger partial charge in [-0.2, -0.15) is 4.21 Å². The van der Waals surface area contributed by atoms with Crippen molar-refractivity contribution in [2.24, 2.45) is 0 Å². The summed E-state index contributed by atoms with van der Waals surface area (Å²) in [7, 11) is 0. The Hall–Kier alpha value is -0.0100. The van der Waals surface area contributed by atoms with E-state index >= 15 is 0 Å². The summed E-state index contributed by atoms with van der Waals surface area (Å²) < 4.78 is 20.7. The highest BCUT2D eigenvalue weighted by Gasteiger charge is 2.10. The molecular weight excluding hydrogens is 232 g/mol. The number of rotatable bonds is 10. The van der Waals surface area contributed by atoms with Crippen LogP contribution < -0.4 is 0 Å². The molecule has 0 saturated heterocycles. The second-order valence-corrected chi connectivity index (χ2v) is 4.54. The highest BCUT2D eigenvalue weighted by molar-refractivity contribution is 7.75. The van der Waals surface area contributed by atoms with Crippen molar-refractivity contribution in [3.05, 3.63) is 0 Å². The van der Waals surface area contributed by atoms with Crippen LogP contribution in [-0.4, -0.2) is 39.8 Å². The van der Waals surface area contributed by atoms with Gasteiger partial charge in [0.25, 0.3) is 0 Å². The zero-order valence-electron chi connectivity index (χ0n) is 9.92. The molecule has 0 aromatic heterocycles. The Kier molecular flexibility index (Phi) is 10.2. The van der Waals surface area contributed by atoms with Gasteiger partial charge in [0.1, 0.15) is 0 Å². The van der Waals surface area contributed by atoms with Crippen molar-refractivity contribution in [1.82, 2.24) is 0 Å². The third-order valence-electron chi connectivity index (χ3n) is 1.96. The average Bonchev–Trinajstić information content (AvgIpc) is 2.24. The van der Waals surface area contributed by atoms with Crippen molar-refractivity contribution in [2.75, 3.05) is 13.2 Å². The fraction of sp³-hybridized carbons (Fsp3) is 1.00. The fourth-order valence-electron chi connectivity index (χ4n) is 1.14. The van der Waals surface area contributed by atoms with Gasteiger partial charge in [-0.15, -0.1) is 0 Å². The molecule has 0 aliphatic carbocycles. The molecule has 0 amide bonds. The largest absolute Gasteiger partial charge is 0.391 e. The lowest BCUT2D eigenvalue weighted by molar-refractivity contribution is 0.0776. The van der Waals surface area contributed by atoms with Gasteiger partial charge in [-0.05, 0) is 12.8 Å². The van der Waals surface area contributed by atoms with Crippen LogP contribution >= 0.6 is 0 Å². The summed E-state index contributed by atoms with van der Waals surface area (Å²) in [4.78, 5) is 0. The monoisotopic (exact) mass is 254 g/mol. The van der Waals surface area contributed by atoms with Crippen LogP contribution in [0.1, 0.15) is 39.5 Å². The van der Waals surface area contributed by atoms with Crippen molar-refractivity contribution < 1.29 is 22.8 Å². The highest BCUT2D eigenvalue weighted by atomic mass is 32.2. The summed E-state index contributed by atoms with van der Waals surface area (Å²) in [5.41, 5.74) is 0. The van der Waals surface area contributed by atoms with E-state index in [1.807, 2.05) is 13.8 Å². The Bertz CT molecular complexity index is 170. The topological polar surface area (TPSA) is 76.0 Å². The van der Waals surface area contributed by atoms with Crippen molar-refractivity contribution in [3.63, 3.8) is 0 Å². The first-order chi connectivity index (χ1) is 7.60. The van der Waals surface area contributed by atoms with Gasteiger partial charge in [-0.1, -0.05) is 26.7 Å². The molecule has 0 aromatic rings. The van der Waals surface area contributed by atoms with Crippen molar-refractivity contribution in [2.45, 2.75) is 51.7 Å². The third-order valence-corrected chi connectivity index (χ3v) is 2.61. The number of aliphatic hydroxyl groups is 2. The molecule has 2 atom stereocenters. The Morgan fingerprint density at radius 2 is 1.38 bits per heavy atom. The smallest absolute Gasteiger partial charge is 0.304 e. The van der Waals surface area contributed by atoms with Gasteiger partial charge < -0.3 is 10.2 Å². The minimum absolute atomic E-state index is 0.00960. The van der Waals surface area contributed by atoms with Crippen LogP contribution in [0.25, 0.3) is 0 Å². The van der Waals surface area contributed by atoms with Crippen molar-refractivity contribution in [1.29, 1.82) is 0 Å². The standard InChI is InChI=1S/C10H22O5S/c1-3-5-9(11)7-14-16(13)15-8-10(12)6-4-2/h9-12H,3-8H2,1-2H3. The first-order valence-electron chi connectivity index (χ1n) is 5.64. The van der Waals surface area contributed by atoms with Crippen LogP contribution in [0, 0.1) is 0 Å². The summed E-state index contributed by atoms with van der Waals surface area (Å²) in [5.74, 6) is 0. The maximum Gasteiger partial charge on any atom is 0.304 e. The summed E-state index contributed by atoms with van der Waals surface area (Å²) in [5, 5.41) is 18.6. The van der Waals surface area contributed by atoms with E-state index in [1.54, 1.807) is 0 Å². The molecule has 0 spiro atoms. The fourth-order valence-corrected chi connectivity index (χ4v) is 1.74. The van der Waals surface area contributed by atoms with Crippen LogP contribution in [0.2, 0.25) is 0 Å². The first-order valence-corrected chi connectivity index (χ1v) is 6.64.